The number of carbonyl (C=O) groups excluding carboxylic acids is 1. The molecular formula is C19H31NO2. The average Bonchev–Trinajstić information content (AvgIpc) is 2.44. The number of aryl methyl sites for hydroxylation is 1. The van der Waals surface area contributed by atoms with Crippen LogP contribution in [0.25, 0.3) is 0 Å². The van der Waals surface area contributed by atoms with Crippen molar-refractivity contribution in [2.45, 2.75) is 52.9 Å². The van der Waals surface area contributed by atoms with Gasteiger partial charge in [0, 0.05) is 13.2 Å². The summed E-state index contributed by atoms with van der Waals surface area (Å²) in [5, 5.41) is 12.2. The number of aliphatic hydroxyl groups excluding tert-OH is 1. The predicted octanol–water partition coefficient (Wildman–Crippen LogP) is 3.43. The minimum atomic E-state index is -0.546. The molecule has 0 saturated carbocycles. The van der Waals surface area contributed by atoms with Crippen molar-refractivity contribution < 1.29 is 9.90 Å². The van der Waals surface area contributed by atoms with Crippen LogP contribution in [-0.4, -0.2) is 24.2 Å². The van der Waals surface area contributed by atoms with Crippen molar-refractivity contribution in [3.63, 3.8) is 0 Å². The molecule has 1 amide bonds. The fraction of sp³-hybridized carbons (Fsp3) is 0.632. The van der Waals surface area contributed by atoms with Gasteiger partial charge in [-0.05, 0) is 51.0 Å². The second-order valence-corrected chi connectivity index (χ2v) is 7.21. The minimum Gasteiger partial charge on any atom is -0.396 e. The van der Waals surface area contributed by atoms with Gasteiger partial charge in [0.05, 0.1) is 5.41 Å². The zero-order chi connectivity index (χ0) is 16.8. The molecule has 0 heterocycles. The topological polar surface area (TPSA) is 49.3 Å². The third-order valence-corrected chi connectivity index (χ3v) is 4.23. The van der Waals surface area contributed by atoms with Crippen molar-refractivity contribution in [3.8, 4) is 0 Å². The molecule has 0 aromatic heterocycles. The lowest BCUT2D eigenvalue weighted by atomic mass is 9.83. The second-order valence-electron chi connectivity index (χ2n) is 7.21. The van der Waals surface area contributed by atoms with E-state index in [1.165, 1.54) is 5.56 Å². The van der Waals surface area contributed by atoms with Crippen LogP contribution in [0, 0.1) is 18.8 Å². The first kappa shape index (κ1) is 18.7. The fourth-order valence-electron chi connectivity index (χ4n) is 2.71. The second kappa shape index (κ2) is 8.33. The smallest absolute Gasteiger partial charge is 0.230 e. The Hall–Kier alpha value is -1.35. The molecule has 1 unspecified atom stereocenters. The fourth-order valence-corrected chi connectivity index (χ4v) is 2.71. The first-order chi connectivity index (χ1) is 10.3. The van der Waals surface area contributed by atoms with Crippen LogP contribution in [0.5, 0.6) is 0 Å². The van der Waals surface area contributed by atoms with Crippen molar-refractivity contribution in [2.24, 2.45) is 11.8 Å². The Morgan fingerprint density at radius 3 is 2.32 bits per heavy atom. The van der Waals surface area contributed by atoms with Crippen molar-refractivity contribution >= 4 is 5.91 Å². The van der Waals surface area contributed by atoms with Crippen molar-refractivity contribution in [2.75, 3.05) is 13.2 Å². The molecule has 124 valence electrons. The summed E-state index contributed by atoms with van der Waals surface area (Å²) in [6.45, 7) is 11.1. The number of carbonyl (C=O) groups is 1. The van der Waals surface area contributed by atoms with Crippen LogP contribution in [0.2, 0.25) is 0 Å². The molecule has 0 saturated heterocycles. The Morgan fingerprint density at radius 2 is 1.82 bits per heavy atom. The molecule has 0 aliphatic carbocycles. The summed E-state index contributed by atoms with van der Waals surface area (Å²) in [7, 11) is 0. The van der Waals surface area contributed by atoms with Crippen LogP contribution in [0.3, 0.4) is 0 Å². The largest absolute Gasteiger partial charge is 0.396 e. The summed E-state index contributed by atoms with van der Waals surface area (Å²) in [6.07, 6.45) is 1.76. The molecule has 2 N–H and O–H groups in total. The predicted molar refractivity (Wildman–Crippen MR) is 91.9 cm³/mol. The molecule has 0 bridgehead atoms. The molecule has 22 heavy (non-hydrogen) atoms. The van der Waals surface area contributed by atoms with E-state index < -0.39 is 5.41 Å². The van der Waals surface area contributed by atoms with Crippen LogP contribution in [0.4, 0.5) is 0 Å². The quantitative estimate of drug-likeness (QED) is 0.773. The minimum absolute atomic E-state index is 0.0445. The number of hydrogen-bond donors (Lipinski definition) is 2. The third kappa shape index (κ3) is 5.45. The SMILES string of the molecule is Cc1ccc(C(C)(C)C(=O)NCC(CCO)CC(C)C)cc1. The van der Waals surface area contributed by atoms with Gasteiger partial charge in [0.2, 0.25) is 5.91 Å². The first-order valence-electron chi connectivity index (χ1n) is 8.23. The molecule has 1 aromatic rings. The lowest BCUT2D eigenvalue weighted by Gasteiger charge is -2.26. The van der Waals surface area contributed by atoms with Crippen LogP contribution in [-0.2, 0) is 10.2 Å². The average molecular weight is 305 g/mol. The van der Waals surface area contributed by atoms with Gasteiger partial charge in [0.15, 0.2) is 0 Å². The molecule has 1 aromatic carbocycles. The monoisotopic (exact) mass is 305 g/mol. The summed E-state index contributed by atoms with van der Waals surface area (Å²) in [5.74, 6) is 0.948. The van der Waals surface area contributed by atoms with E-state index in [4.69, 9.17) is 5.11 Å². The number of nitrogens with one attached hydrogen (secondary N) is 1. The van der Waals surface area contributed by atoms with Gasteiger partial charge in [-0.3, -0.25) is 4.79 Å². The highest BCUT2D eigenvalue weighted by atomic mass is 16.3. The highest BCUT2D eigenvalue weighted by Crippen LogP contribution is 2.24. The lowest BCUT2D eigenvalue weighted by Crippen LogP contribution is -2.42. The molecule has 3 heteroatoms. The normalized spacial score (nSPS) is 13.2. The van der Waals surface area contributed by atoms with Gasteiger partial charge in [-0.25, -0.2) is 0 Å². The first-order valence-corrected chi connectivity index (χ1v) is 8.23. The number of aliphatic hydroxyl groups is 1. The molecule has 0 aliphatic rings. The lowest BCUT2D eigenvalue weighted by molar-refractivity contribution is -0.125. The molecule has 0 aliphatic heterocycles. The van der Waals surface area contributed by atoms with Gasteiger partial charge in [-0.1, -0.05) is 43.7 Å². The molecule has 0 radical (unpaired) electrons. The number of amides is 1. The van der Waals surface area contributed by atoms with Gasteiger partial charge in [-0.15, -0.1) is 0 Å². The summed E-state index contributed by atoms with van der Waals surface area (Å²) < 4.78 is 0. The molecule has 0 fully saturated rings. The summed E-state index contributed by atoms with van der Waals surface area (Å²) in [6, 6.07) is 8.12. The van der Waals surface area contributed by atoms with Crippen LogP contribution < -0.4 is 5.32 Å². The zero-order valence-corrected chi connectivity index (χ0v) is 14.6. The van der Waals surface area contributed by atoms with E-state index in [0.717, 1.165) is 18.4 Å². The van der Waals surface area contributed by atoms with E-state index in [1.54, 1.807) is 0 Å². The molecule has 1 atom stereocenters. The highest BCUT2D eigenvalue weighted by molar-refractivity contribution is 5.87. The van der Waals surface area contributed by atoms with Gasteiger partial charge in [0.25, 0.3) is 0 Å². The molecule has 3 nitrogen and oxygen atoms in total. The number of rotatable bonds is 8. The highest BCUT2D eigenvalue weighted by Gasteiger charge is 2.29. The van der Waals surface area contributed by atoms with Crippen LogP contribution in [0.15, 0.2) is 24.3 Å². The third-order valence-electron chi connectivity index (χ3n) is 4.23. The van der Waals surface area contributed by atoms with Gasteiger partial charge >= 0.3 is 0 Å². The maximum atomic E-state index is 12.6. The Morgan fingerprint density at radius 1 is 1.23 bits per heavy atom. The van der Waals surface area contributed by atoms with E-state index in [9.17, 15) is 4.79 Å². The van der Waals surface area contributed by atoms with Crippen LogP contribution >= 0.6 is 0 Å². The van der Waals surface area contributed by atoms with E-state index in [2.05, 4.69) is 19.2 Å². The Bertz CT molecular complexity index is 463. The Balaban J connectivity index is 2.67. The number of benzene rings is 1. The van der Waals surface area contributed by atoms with E-state index in [0.29, 0.717) is 18.4 Å². The molecule has 1 rings (SSSR count). The van der Waals surface area contributed by atoms with Gasteiger partial charge < -0.3 is 10.4 Å². The maximum absolute atomic E-state index is 12.6. The maximum Gasteiger partial charge on any atom is 0.230 e. The van der Waals surface area contributed by atoms with Crippen molar-refractivity contribution in [1.29, 1.82) is 0 Å². The van der Waals surface area contributed by atoms with Crippen molar-refractivity contribution in [1.82, 2.24) is 5.32 Å². The summed E-state index contributed by atoms with van der Waals surface area (Å²) in [5.41, 5.74) is 1.67. The van der Waals surface area contributed by atoms with Crippen molar-refractivity contribution in [3.05, 3.63) is 35.4 Å². The summed E-state index contributed by atoms with van der Waals surface area (Å²) in [4.78, 5) is 12.6. The number of hydrogen-bond acceptors (Lipinski definition) is 2. The van der Waals surface area contributed by atoms with E-state index in [1.807, 2.05) is 45.0 Å². The van der Waals surface area contributed by atoms with Gasteiger partial charge in [0.1, 0.15) is 0 Å². The van der Waals surface area contributed by atoms with Gasteiger partial charge in [-0.2, -0.15) is 0 Å². The molecular weight excluding hydrogens is 274 g/mol. The summed E-state index contributed by atoms with van der Waals surface area (Å²) >= 11 is 0. The van der Waals surface area contributed by atoms with E-state index in [-0.39, 0.29) is 12.5 Å². The standard InChI is InChI=1S/C19H31NO2/c1-14(2)12-16(10-11-21)13-20-18(22)19(4,5)17-8-6-15(3)7-9-17/h6-9,14,16,21H,10-13H2,1-5H3,(H,20,22). The van der Waals surface area contributed by atoms with Crippen LogP contribution in [0.1, 0.15) is 51.7 Å². The Kier molecular flexibility index (Phi) is 7.08. The molecule has 0 spiro atoms. The Labute approximate surface area is 135 Å². The van der Waals surface area contributed by atoms with E-state index >= 15 is 0 Å². The zero-order valence-electron chi connectivity index (χ0n) is 14.6.